The number of carbonyl (C=O) groups excluding carboxylic acids is 2. The van der Waals surface area contributed by atoms with Crippen molar-refractivity contribution in [3.63, 3.8) is 0 Å². The van der Waals surface area contributed by atoms with Crippen molar-refractivity contribution < 1.29 is 14.3 Å². The standard InChI is InChI=1S/C10H11NO4/c1-2-15-9(13)6-11-5-3-4-8(7-12)10(11)14/h3-5,7H,2,6H2,1H3. The van der Waals surface area contributed by atoms with Gasteiger partial charge in [0.1, 0.15) is 6.54 Å². The van der Waals surface area contributed by atoms with Crippen LogP contribution in [0.4, 0.5) is 0 Å². The molecule has 1 aromatic heterocycles. The number of aldehydes is 1. The van der Waals surface area contributed by atoms with Gasteiger partial charge in [-0.2, -0.15) is 0 Å². The minimum atomic E-state index is -0.498. The van der Waals surface area contributed by atoms with Gasteiger partial charge in [0.2, 0.25) is 0 Å². The fourth-order valence-electron chi connectivity index (χ4n) is 1.12. The summed E-state index contributed by atoms with van der Waals surface area (Å²) in [5, 5.41) is 0. The van der Waals surface area contributed by atoms with Gasteiger partial charge in [0.25, 0.3) is 5.56 Å². The molecule has 0 bridgehead atoms. The van der Waals surface area contributed by atoms with E-state index in [0.29, 0.717) is 6.29 Å². The molecule has 0 fully saturated rings. The van der Waals surface area contributed by atoms with Gasteiger partial charge in [-0.15, -0.1) is 0 Å². The van der Waals surface area contributed by atoms with Crippen LogP contribution in [-0.4, -0.2) is 23.4 Å². The van der Waals surface area contributed by atoms with Crippen LogP contribution in [0.1, 0.15) is 17.3 Å². The van der Waals surface area contributed by atoms with Crippen LogP contribution in [0.25, 0.3) is 0 Å². The predicted octanol–water partition coefficient (Wildman–Crippen LogP) is 0.224. The molecule has 5 heteroatoms. The average Bonchev–Trinajstić information content (AvgIpc) is 2.21. The number of hydrogen-bond donors (Lipinski definition) is 0. The molecule has 0 aliphatic heterocycles. The van der Waals surface area contributed by atoms with Gasteiger partial charge in [0, 0.05) is 6.20 Å². The molecule has 0 aliphatic carbocycles. The van der Waals surface area contributed by atoms with Crippen LogP contribution in [0.15, 0.2) is 23.1 Å². The molecule has 0 unspecified atom stereocenters. The lowest BCUT2D eigenvalue weighted by molar-refractivity contribution is -0.143. The molecule has 0 saturated heterocycles. The van der Waals surface area contributed by atoms with Gasteiger partial charge >= 0.3 is 5.97 Å². The maximum atomic E-state index is 11.5. The molecule has 0 atom stereocenters. The van der Waals surface area contributed by atoms with E-state index < -0.39 is 11.5 Å². The molecule has 0 aromatic carbocycles. The maximum Gasteiger partial charge on any atom is 0.326 e. The van der Waals surface area contributed by atoms with Gasteiger partial charge in [-0.25, -0.2) is 0 Å². The third kappa shape index (κ3) is 2.77. The first kappa shape index (κ1) is 11.2. The van der Waals surface area contributed by atoms with E-state index in [2.05, 4.69) is 4.74 Å². The zero-order valence-corrected chi connectivity index (χ0v) is 8.30. The molecule has 1 heterocycles. The Kier molecular flexibility index (Phi) is 3.79. The summed E-state index contributed by atoms with van der Waals surface area (Å²) in [6, 6.07) is 2.93. The number of aromatic nitrogens is 1. The molecule has 1 rings (SSSR count). The van der Waals surface area contributed by atoms with Crippen molar-refractivity contribution in [3.05, 3.63) is 34.2 Å². The van der Waals surface area contributed by atoms with E-state index in [0.717, 1.165) is 4.57 Å². The summed E-state index contributed by atoms with van der Waals surface area (Å²) < 4.78 is 5.83. The molecule has 0 amide bonds. The maximum absolute atomic E-state index is 11.5. The smallest absolute Gasteiger partial charge is 0.326 e. The molecule has 0 radical (unpaired) electrons. The van der Waals surface area contributed by atoms with Crippen LogP contribution in [0, 0.1) is 0 Å². The van der Waals surface area contributed by atoms with E-state index in [4.69, 9.17) is 0 Å². The first-order valence-electron chi connectivity index (χ1n) is 4.49. The zero-order valence-electron chi connectivity index (χ0n) is 8.30. The summed E-state index contributed by atoms with van der Waals surface area (Å²) in [6.45, 7) is 1.78. The van der Waals surface area contributed by atoms with Gasteiger partial charge in [-0.1, -0.05) is 0 Å². The Bertz CT molecular complexity index is 422. The second-order valence-electron chi connectivity index (χ2n) is 2.82. The molecule has 0 spiro atoms. The highest BCUT2D eigenvalue weighted by Gasteiger charge is 2.06. The minimum absolute atomic E-state index is 0.0294. The topological polar surface area (TPSA) is 65.4 Å². The van der Waals surface area contributed by atoms with E-state index in [-0.39, 0.29) is 18.7 Å². The molecule has 1 aromatic rings. The van der Waals surface area contributed by atoms with Crippen LogP contribution < -0.4 is 5.56 Å². The lowest BCUT2D eigenvalue weighted by Gasteiger charge is -2.04. The molecule has 5 nitrogen and oxygen atoms in total. The minimum Gasteiger partial charge on any atom is -0.465 e. The normalized spacial score (nSPS) is 9.67. The van der Waals surface area contributed by atoms with E-state index in [1.54, 1.807) is 6.92 Å². The Hall–Kier alpha value is -1.91. The Morgan fingerprint density at radius 1 is 1.60 bits per heavy atom. The number of rotatable bonds is 4. The average molecular weight is 209 g/mol. The molecule has 80 valence electrons. The summed E-state index contributed by atoms with van der Waals surface area (Å²) in [6.07, 6.45) is 1.90. The van der Waals surface area contributed by atoms with Crippen LogP contribution in [-0.2, 0) is 16.1 Å². The van der Waals surface area contributed by atoms with Gasteiger partial charge in [0.05, 0.1) is 12.2 Å². The first-order valence-corrected chi connectivity index (χ1v) is 4.49. The van der Waals surface area contributed by atoms with E-state index in [9.17, 15) is 14.4 Å². The van der Waals surface area contributed by atoms with E-state index >= 15 is 0 Å². The predicted molar refractivity (Wildman–Crippen MR) is 52.7 cm³/mol. The highest BCUT2D eigenvalue weighted by molar-refractivity contribution is 5.74. The van der Waals surface area contributed by atoms with Gasteiger partial charge in [-0.3, -0.25) is 14.4 Å². The third-order valence-electron chi connectivity index (χ3n) is 1.78. The van der Waals surface area contributed by atoms with Crippen molar-refractivity contribution in [3.8, 4) is 0 Å². The van der Waals surface area contributed by atoms with Crippen LogP contribution in [0.2, 0.25) is 0 Å². The first-order chi connectivity index (χ1) is 7.19. The van der Waals surface area contributed by atoms with Crippen molar-refractivity contribution in [2.45, 2.75) is 13.5 Å². The van der Waals surface area contributed by atoms with Crippen molar-refractivity contribution >= 4 is 12.3 Å². The number of nitrogens with zero attached hydrogens (tertiary/aromatic N) is 1. The van der Waals surface area contributed by atoms with Crippen LogP contribution in [0.5, 0.6) is 0 Å². The molecular weight excluding hydrogens is 198 g/mol. The third-order valence-corrected chi connectivity index (χ3v) is 1.78. The number of hydrogen-bond acceptors (Lipinski definition) is 4. The van der Waals surface area contributed by atoms with E-state index in [1.807, 2.05) is 0 Å². The van der Waals surface area contributed by atoms with Gasteiger partial charge in [-0.05, 0) is 19.1 Å². The molecule has 0 N–H and O–H groups in total. The monoisotopic (exact) mass is 209 g/mol. The lowest BCUT2D eigenvalue weighted by atomic mass is 10.3. The molecular formula is C10H11NO4. The quantitative estimate of drug-likeness (QED) is 0.525. The summed E-state index contributed by atoms with van der Waals surface area (Å²) >= 11 is 0. The Morgan fingerprint density at radius 3 is 2.93 bits per heavy atom. The van der Waals surface area contributed by atoms with E-state index in [1.165, 1.54) is 18.3 Å². The highest BCUT2D eigenvalue weighted by Crippen LogP contribution is 1.90. The molecule has 15 heavy (non-hydrogen) atoms. The highest BCUT2D eigenvalue weighted by atomic mass is 16.5. The van der Waals surface area contributed by atoms with Crippen molar-refractivity contribution in [1.82, 2.24) is 4.57 Å². The summed E-state index contributed by atoms with van der Waals surface area (Å²) in [5.41, 5.74) is -0.456. The number of carbonyl (C=O) groups is 2. The SMILES string of the molecule is CCOC(=O)Cn1cccc(C=O)c1=O. The lowest BCUT2D eigenvalue weighted by Crippen LogP contribution is -2.27. The fourth-order valence-corrected chi connectivity index (χ4v) is 1.12. The van der Waals surface area contributed by atoms with Crippen molar-refractivity contribution in [2.24, 2.45) is 0 Å². The Morgan fingerprint density at radius 2 is 2.33 bits per heavy atom. The second-order valence-corrected chi connectivity index (χ2v) is 2.82. The van der Waals surface area contributed by atoms with Gasteiger partial charge < -0.3 is 9.30 Å². The Labute approximate surface area is 86.3 Å². The molecule has 0 aliphatic rings. The number of pyridine rings is 1. The van der Waals surface area contributed by atoms with Crippen LogP contribution >= 0.6 is 0 Å². The summed E-state index contributed by atoms with van der Waals surface area (Å²) in [5.74, 6) is -0.498. The van der Waals surface area contributed by atoms with Crippen LogP contribution in [0.3, 0.4) is 0 Å². The largest absolute Gasteiger partial charge is 0.465 e. The van der Waals surface area contributed by atoms with Gasteiger partial charge in [0.15, 0.2) is 6.29 Å². The Balaban J connectivity index is 2.91. The zero-order chi connectivity index (χ0) is 11.3. The number of esters is 1. The fraction of sp³-hybridized carbons (Fsp3) is 0.300. The van der Waals surface area contributed by atoms with Crippen molar-refractivity contribution in [1.29, 1.82) is 0 Å². The van der Waals surface area contributed by atoms with Crippen molar-refractivity contribution in [2.75, 3.05) is 6.61 Å². The summed E-state index contributed by atoms with van der Waals surface area (Å²) in [4.78, 5) is 33.0. The second kappa shape index (κ2) is 5.09. The summed E-state index contributed by atoms with van der Waals surface area (Å²) in [7, 11) is 0. The molecule has 0 saturated carbocycles. The number of ether oxygens (including phenoxy) is 1.